The first-order valence-corrected chi connectivity index (χ1v) is 38.0. The Labute approximate surface area is 565 Å². The SMILES string of the molecule is CC/C=C\C/C=C\C/C=C\C/C=C\C/C=C\C/C=C\C/C=C\C/C=C\CCCCCCC(=O)OC(COC(=O)CCCCCCCCCCCCCCCCCCC/C=C\C/C=C\C/C=C\C/C=C\C/C=C\C/C=C\C/C=C\CC)COP(=O)([O-])OCC[N+](C)(C)C. The van der Waals surface area contributed by atoms with Crippen molar-refractivity contribution in [2.24, 2.45) is 0 Å². The summed E-state index contributed by atoms with van der Waals surface area (Å²) in [5.74, 6) is -0.869. The van der Waals surface area contributed by atoms with E-state index in [2.05, 4.69) is 196 Å². The minimum Gasteiger partial charge on any atom is -0.756 e. The molecule has 0 rings (SSSR count). The van der Waals surface area contributed by atoms with Gasteiger partial charge in [-0.1, -0.05) is 305 Å². The number of hydrogen-bond donors (Lipinski definition) is 0. The fraction of sp³-hybridized carbons (Fsp3) is 0.610. The van der Waals surface area contributed by atoms with Crippen molar-refractivity contribution in [2.75, 3.05) is 47.5 Å². The minimum atomic E-state index is -4.66. The van der Waals surface area contributed by atoms with Crippen LogP contribution in [0.3, 0.4) is 0 Å². The highest BCUT2D eigenvalue weighted by molar-refractivity contribution is 7.45. The second-order valence-electron chi connectivity index (χ2n) is 24.8. The molecule has 2 unspecified atom stereocenters. The van der Waals surface area contributed by atoms with Crippen molar-refractivity contribution < 1.29 is 42.1 Å². The van der Waals surface area contributed by atoms with Gasteiger partial charge in [0.25, 0.3) is 7.82 Å². The van der Waals surface area contributed by atoms with Gasteiger partial charge < -0.3 is 27.9 Å². The maximum atomic E-state index is 12.9. The van der Waals surface area contributed by atoms with Gasteiger partial charge in [0.15, 0.2) is 6.10 Å². The normalized spacial score (nSPS) is 14.2. The minimum absolute atomic E-state index is 0.0447. The van der Waals surface area contributed by atoms with Crippen LogP contribution in [0, 0.1) is 0 Å². The van der Waals surface area contributed by atoms with E-state index in [0.717, 1.165) is 141 Å². The fourth-order valence-electron chi connectivity index (χ4n) is 9.42. The summed E-state index contributed by atoms with van der Waals surface area (Å²) in [6, 6.07) is 0. The number of nitrogens with zero attached hydrogens (tertiary/aromatic N) is 1. The van der Waals surface area contributed by atoms with Crippen LogP contribution in [0.4, 0.5) is 0 Å². The highest BCUT2D eigenvalue weighted by Gasteiger charge is 2.22. The number of carbonyl (C=O) groups is 2. The second-order valence-corrected chi connectivity index (χ2v) is 26.2. The van der Waals surface area contributed by atoms with E-state index in [-0.39, 0.29) is 26.1 Å². The van der Waals surface area contributed by atoms with Crippen molar-refractivity contribution in [1.29, 1.82) is 0 Å². The van der Waals surface area contributed by atoms with Gasteiger partial charge in [0.05, 0.1) is 27.7 Å². The molecule has 0 fully saturated rings. The molecule has 10 heteroatoms. The first-order valence-electron chi connectivity index (χ1n) is 36.5. The van der Waals surface area contributed by atoms with Crippen molar-refractivity contribution >= 4 is 19.8 Å². The van der Waals surface area contributed by atoms with Crippen molar-refractivity contribution in [3.8, 4) is 0 Å². The van der Waals surface area contributed by atoms with Crippen LogP contribution < -0.4 is 4.89 Å². The zero-order valence-electron chi connectivity index (χ0n) is 59.2. The van der Waals surface area contributed by atoms with Gasteiger partial charge in [-0.15, -0.1) is 0 Å². The molecule has 0 aliphatic heterocycles. The molecule has 0 radical (unpaired) electrons. The number of ether oxygens (including phenoxy) is 2. The van der Waals surface area contributed by atoms with Gasteiger partial charge in [-0.3, -0.25) is 14.2 Å². The van der Waals surface area contributed by atoms with Gasteiger partial charge >= 0.3 is 11.9 Å². The number of phosphoric acid groups is 1. The maximum absolute atomic E-state index is 12.9. The molecule has 0 amide bonds. The number of unbranched alkanes of at least 4 members (excludes halogenated alkanes) is 21. The molecule has 0 aliphatic carbocycles. The lowest BCUT2D eigenvalue weighted by atomic mass is 10.0. The largest absolute Gasteiger partial charge is 0.756 e. The molecular formula is C82H134NO8P. The molecule has 0 spiro atoms. The molecule has 92 heavy (non-hydrogen) atoms. The quantitative estimate of drug-likeness (QED) is 0.0195. The van der Waals surface area contributed by atoms with Crippen LogP contribution in [0.5, 0.6) is 0 Å². The summed E-state index contributed by atoms with van der Waals surface area (Å²) in [5, 5.41) is 0. The van der Waals surface area contributed by atoms with E-state index in [9.17, 15) is 19.0 Å². The lowest BCUT2D eigenvalue weighted by Crippen LogP contribution is -2.37. The average Bonchev–Trinajstić information content (AvgIpc) is 2.14. The highest BCUT2D eigenvalue weighted by Crippen LogP contribution is 2.38. The summed E-state index contributed by atoms with van der Waals surface area (Å²) in [6.45, 7) is 3.97. The zero-order valence-corrected chi connectivity index (χ0v) is 60.1. The number of hydrogen-bond acceptors (Lipinski definition) is 8. The van der Waals surface area contributed by atoms with E-state index < -0.39 is 32.5 Å². The van der Waals surface area contributed by atoms with E-state index >= 15 is 0 Å². The van der Waals surface area contributed by atoms with E-state index in [1.54, 1.807) is 0 Å². The Morgan fingerprint density at radius 3 is 0.870 bits per heavy atom. The summed E-state index contributed by atoms with van der Waals surface area (Å²) in [7, 11) is 1.13. The highest BCUT2D eigenvalue weighted by atomic mass is 31.2. The second kappa shape index (κ2) is 70.4. The molecule has 0 bridgehead atoms. The Hall–Kier alpha value is -4.89. The van der Waals surface area contributed by atoms with Crippen molar-refractivity contribution in [1.82, 2.24) is 0 Å². The number of phosphoric ester groups is 1. The third-order valence-electron chi connectivity index (χ3n) is 14.9. The molecule has 9 nitrogen and oxygen atoms in total. The number of quaternary nitrogens is 1. The Bertz CT molecular complexity index is 2210. The number of rotatable bonds is 65. The maximum Gasteiger partial charge on any atom is 0.306 e. The fourth-order valence-corrected chi connectivity index (χ4v) is 10.1. The molecule has 0 saturated heterocycles. The van der Waals surface area contributed by atoms with Gasteiger partial charge in [0, 0.05) is 12.8 Å². The van der Waals surface area contributed by atoms with Crippen LogP contribution in [-0.4, -0.2) is 70.0 Å². The van der Waals surface area contributed by atoms with Crippen molar-refractivity contribution in [3.05, 3.63) is 182 Å². The molecule has 0 aromatic rings. The van der Waals surface area contributed by atoms with Crippen LogP contribution in [0.25, 0.3) is 0 Å². The summed E-state index contributed by atoms with van der Waals surface area (Å²) in [4.78, 5) is 38.1. The predicted molar refractivity (Wildman–Crippen MR) is 396 cm³/mol. The number of likely N-dealkylation sites (N-methyl/N-ethyl adjacent to an activating group) is 1. The van der Waals surface area contributed by atoms with E-state index in [4.69, 9.17) is 18.5 Å². The Morgan fingerprint density at radius 1 is 0.337 bits per heavy atom. The first kappa shape index (κ1) is 87.1. The number of esters is 2. The zero-order chi connectivity index (χ0) is 66.9. The topological polar surface area (TPSA) is 111 Å². The van der Waals surface area contributed by atoms with Gasteiger partial charge in [0.2, 0.25) is 0 Å². The summed E-state index contributed by atoms with van der Waals surface area (Å²) < 4.78 is 34.3. The monoisotopic (exact) mass is 1290 g/mol. The predicted octanol–water partition coefficient (Wildman–Crippen LogP) is 23.6. The van der Waals surface area contributed by atoms with Crippen LogP contribution in [0.2, 0.25) is 0 Å². The Morgan fingerprint density at radius 2 is 0.587 bits per heavy atom. The van der Waals surface area contributed by atoms with Crippen LogP contribution in [0.1, 0.15) is 271 Å². The molecule has 0 N–H and O–H groups in total. The molecule has 0 aliphatic rings. The van der Waals surface area contributed by atoms with Crippen molar-refractivity contribution in [2.45, 2.75) is 277 Å². The van der Waals surface area contributed by atoms with E-state index in [1.165, 1.54) is 96.3 Å². The third-order valence-corrected chi connectivity index (χ3v) is 15.9. The molecule has 0 aromatic carbocycles. The molecule has 0 saturated carbocycles. The van der Waals surface area contributed by atoms with Gasteiger partial charge in [-0.2, -0.15) is 0 Å². The van der Waals surface area contributed by atoms with Crippen LogP contribution in [-0.2, 0) is 32.7 Å². The third kappa shape index (κ3) is 74.2. The van der Waals surface area contributed by atoms with Crippen LogP contribution in [0.15, 0.2) is 182 Å². The summed E-state index contributed by atoms with van der Waals surface area (Å²) in [5.41, 5.74) is 0. The van der Waals surface area contributed by atoms with E-state index in [0.29, 0.717) is 17.4 Å². The molecule has 2 atom stereocenters. The Kier molecular flexibility index (Phi) is 66.7. The van der Waals surface area contributed by atoms with Gasteiger partial charge in [-0.05, 0) is 135 Å². The lowest BCUT2D eigenvalue weighted by molar-refractivity contribution is -0.870. The van der Waals surface area contributed by atoms with Gasteiger partial charge in [-0.25, -0.2) is 0 Å². The molecule has 0 aromatic heterocycles. The van der Waals surface area contributed by atoms with Crippen LogP contribution >= 0.6 is 7.82 Å². The number of allylic oxidation sites excluding steroid dienone is 30. The number of carbonyl (C=O) groups excluding carboxylic acids is 2. The average molecular weight is 1290 g/mol. The Balaban J connectivity index is 4.10. The molecule has 520 valence electrons. The molecule has 0 heterocycles. The molecular weight excluding hydrogens is 1160 g/mol. The smallest absolute Gasteiger partial charge is 0.306 e. The van der Waals surface area contributed by atoms with Gasteiger partial charge in [0.1, 0.15) is 19.8 Å². The standard InChI is InChI=1S/C82H134NO8P/c1-6-8-10-12-14-16-18-20-22-24-26-28-30-32-34-36-37-38-39-40-41-42-43-44-45-47-48-50-52-54-56-58-60-62-64-66-68-70-72-74-81(84)88-78-80(79-90-92(86,87)89-77-76-83(3,4)5)91-82(85)75-73-71-69-67-65-63-61-59-57-55-53-51-49-46-35-33-31-29-27-25-23-21-19-17-15-13-11-9-7-2/h8-11,14-17,20-23,26-29,32-35,37-38,40-41,49,51,55,57,61,63,80H,6-7,12-13,18-19,24-25,30-31,36,39,42-48,50,52-54,56,58-60,62,64-79H2,1-5H3/b10-8-,11-9-,16-14-,17-15-,22-20-,23-21-,28-26-,29-27-,34-32-,35-33-,38-37-,41-40-,51-49-,57-55-,63-61-. The summed E-state index contributed by atoms with van der Waals surface area (Å²) >= 11 is 0. The lowest BCUT2D eigenvalue weighted by Gasteiger charge is -2.28. The van der Waals surface area contributed by atoms with Crippen molar-refractivity contribution in [3.63, 3.8) is 0 Å². The van der Waals surface area contributed by atoms with E-state index in [1.807, 2.05) is 21.1 Å². The summed E-state index contributed by atoms with van der Waals surface area (Å²) in [6.07, 6.45) is 108. The first-order chi connectivity index (χ1) is 45.0.